The summed E-state index contributed by atoms with van der Waals surface area (Å²) in [5, 5.41) is 9.22. The molecule has 4 rings (SSSR count). The maximum atomic E-state index is 12.9. The molecule has 118 valence electrons. The predicted octanol–water partition coefficient (Wildman–Crippen LogP) is 1.12. The van der Waals surface area contributed by atoms with E-state index in [1.54, 1.807) is 29.2 Å². The monoisotopic (exact) mass is 311 g/mol. The zero-order valence-electron chi connectivity index (χ0n) is 12.7. The number of amides is 2. The summed E-state index contributed by atoms with van der Waals surface area (Å²) in [5.74, 6) is -0.131. The number of hydrogen-bond donors (Lipinski definition) is 0. The lowest BCUT2D eigenvalue weighted by atomic mass is 10.0. The van der Waals surface area contributed by atoms with Gasteiger partial charge in [-0.3, -0.25) is 9.59 Å². The van der Waals surface area contributed by atoms with Crippen LogP contribution in [0.1, 0.15) is 35.2 Å². The van der Waals surface area contributed by atoms with Crippen LogP contribution in [0.3, 0.4) is 0 Å². The molecule has 0 aliphatic carbocycles. The Bertz CT molecular complexity index is 726. The smallest absolute Gasteiger partial charge is 0.255 e. The van der Waals surface area contributed by atoms with Gasteiger partial charge in [-0.2, -0.15) is 5.26 Å². The van der Waals surface area contributed by atoms with Crippen molar-refractivity contribution in [1.29, 1.82) is 5.26 Å². The first-order chi connectivity index (χ1) is 11.2. The quantitative estimate of drug-likeness (QED) is 0.779. The number of carbonyl (C=O) groups is 2. The van der Waals surface area contributed by atoms with Crippen LogP contribution >= 0.6 is 0 Å². The molecule has 23 heavy (non-hydrogen) atoms. The number of carbonyl (C=O) groups excluding carboxylic acids is 2. The molecule has 2 amide bonds. The number of nitriles is 1. The first kappa shape index (κ1) is 14.2. The number of benzene rings is 1. The molecule has 3 aliphatic heterocycles. The average Bonchev–Trinajstić information content (AvgIpc) is 3.06. The molecule has 0 saturated carbocycles. The van der Waals surface area contributed by atoms with Crippen molar-refractivity contribution < 1.29 is 14.3 Å². The third-order valence-electron chi connectivity index (χ3n) is 5.15. The minimum Gasteiger partial charge on any atom is -0.353 e. The zero-order chi connectivity index (χ0) is 16.0. The highest BCUT2D eigenvalue weighted by Crippen LogP contribution is 2.45. The van der Waals surface area contributed by atoms with E-state index in [1.807, 2.05) is 4.90 Å². The lowest BCUT2D eigenvalue weighted by Crippen LogP contribution is -2.56. The SMILES string of the molecule is N#Cc1ccccc1C(=O)N1CC[C@@]23OCCCN2C(=O)C[C@@H]13. The molecule has 3 heterocycles. The van der Waals surface area contributed by atoms with Crippen LogP contribution in [0.4, 0.5) is 0 Å². The van der Waals surface area contributed by atoms with E-state index in [4.69, 9.17) is 4.74 Å². The van der Waals surface area contributed by atoms with Crippen molar-refractivity contribution in [2.75, 3.05) is 19.7 Å². The van der Waals surface area contributed by atoms with Crippen molar-refractivity contribution in [2.45, 2.75) is 31.0 Å². The number of hydrogen-bond acceptors (Lipinski definition) is 4. The van der Waals surface area contributed by atoms with E-state index < -0.39 is 5.72 Å². The van der Waals surface area contributed by atoms with E-state index in [1.165, 1.54) is 0 Å². The standard InChI is InChI=1S/C17H17N3O3/c18-11-12-4-1-2-5-13(12)16(22)19-8-6-17-14(19)10-15(21)20(17)7-3-9-23-17/h1-2,4-5,14H,3,6-10H2/t14-,17+/m1/s1. The summed E-state index contributed by atoms with van der Waals surface area (Å²) in [6.45, 7) is 1.87. The van der Waals surface area contributed by atoms with Crippen LogP contribution in [0.5, 0.6) is 0 Å². The van der Waals surface area contributed by atoms with Crippen LogP contribution in [-0.2, 0) is 9.53 Å². The third kappa shape index (κ3) is 1.90. The Morgan fingerprint density at radius 1 is 1.35 bits per heavy atom. The largest absolute Gasteiger partial charge is 0.353 e. The lowest BCUT2D eigenvalue weighted by Gasteiger charge is -2.42. The summed E-state index contributed by atoms with van der Waals surface area (Å²) in [5.41, 5.74) is 0.116. The molecular formula is C17H17N3O3. The Morgan fingerprint density at radius 3 is 3.00 bits per heavy atom. The first-order valence-corrected chi connectivity index (χ1v) is 7.92. The third-order valence-corrected chi connectivity index (χ3v) is 5.15. The van der Waals surface area contributed by atoms with Crippen LogP contribution < -0.4 is 0 Å². The summed E-state index contributed by atoms with van der Waals surface area (Å²) >= 11 is 0. The molecule has 3 aliphatic rings. The Morgan fingerprint density at radius 2 is 2.17 bits per heavy atom. The maximum absolute atomic E-state index is 12.9. The van der Waals surface area contributed by atoms with Gasteiger partial charge in [0.25, 0.3) is 5.91 Å². The van der Waals surface area contributed by atoms with E-state index in [0.29, 0.717) is 43.7 Å². The highest BCUT2D eigenvalue weighted by atomic mass is 16.5. The fourth-order valence-electron chi connectivity index (χ4n) is 4.11. The van der Waals surface area contributed by atoms with Gasteiger partial charge >= 0.3 is 0 Å². The topological polar surface area (TPSA) is 73.6 Å². The molecule has 1 aromatic rings. The van der Waals surface area contributed by atoms with Crippen molar-refractivity contribution in [2.24, 2.45) is 0 Å². The van der Waals surface area contributed by atoms with Gasteiger partial charge in [-0.25, -0.2) is 0 Å². The van der Waals surface area contributed by atoms with Gasteiger partial charge in [0.05, 0.1) is 36.3 Å². The summed E-state index contributed by atoms with van der Waals surface area (Å²) in [6, 6.07) is 8.62. The fraction of sp³-hybridized carbons (Fsp3) is 0.471. The van der Waals surface area contributed by atoms with Crippen LogP contribution in [-0.4, -0.2) is 53.1 Å². The van der Waals surface area contributed by atoms with E-state index in [-0.39, 0.29) is 17.9 Å². The van der Waals surface area contributed by atoms with E-state index in [2.05, 4.69) is 6.07 Å². The molecule has 3 saturated heterocycles. The second-order valence-corrected chi connectivity index (χ2v) is 6.22. The van der Waals surface area contributed by atoms with Gasteiger partial charge in [-0.15, -0.1) is 0 Å². The van der Waals surface area contributed by atoms with Crippen LogP contribution in [0, 0.1) is 11.3 Å². The highest BCUT2D eigenvalue weighted by molar-refractivity contribution is 5.98. The maximum Gasteiger partial charge on any atom is 0.255 e. The van der Waals surface area contributed by atoms with Gasteiger partial charge in [0.1, 0.15) is 0 Å². The number of ether oxygens (including phenoxy) is 1. The van der Waals surface area contributed by atoms with Gasteiger partial charge in [-0.05, 0) is 18.6 Å². The Labute approximate surface area is 134 Å². The Balaban J connectivity index is 1.68. The summed E-state index contributed by atoms with van der Waals surface area (Å²) < 4.78 is 6.00. The van der Waals surface area contributed by atoms with Crippen molar-refractivity contribution in [3.05, 3.63) is 35.4 Å². The Kier molecular flexibility index (Phi) is 3.13. The van der Waals surface area contributed by atoms with Crippen LogP contribution in [0.25, 0.3) is 0 Å². The minimum atomic E-state index is -0.646. The molecule has 6 heteroatoms. The zero-order valence-corrected chi connectivity index (χ0v) is 12.7. The van der Waals surface area contributed by atoms with E-state index in [0.717, 1.165) is 6.42 Å². The molecular weight excluding hydrogens is 294 g/mol. The molecule has 0 N–H and O–H groups in total. The second-order valence-electron chi connectivity index (χ2n) is 6.22. The highest BCUT2D eigenvalue weighted by Gasteiger charge is 2.61. The lowest BCUT2D eigenvalue weighted by molar-refractivity contribution is -0.179. The number of rotatable bonds is 1. The molecule has 2 atom stereocenters. The normalized spacial score (nSPS) is 29.2. The molecule has 0 radical (unpaired) electrons. The fourth-order valence-corrected chi connectivity index (χ4v) is 4.11. The van der Waals surface area contributed by atoms with Crippen LogP contribution in [0.15, 0.2) is 24.3 Å². The van der Waals surface area contributed by atoms with Gasteiger partial charge < -0.3 is 14.5 Å². The predicted molar refractivity (Wildman–Crippen MR) is 80.2 cm³/mol. The van der Waals surface area contributed by atoms with E-state index in [9.17, 15) is 14.9 Å². The van der Waals surface area contributed by atoms with Crippen molar-refractivity contribution in [3.8, 4) is 6.07 Å². The van der Waals surface area contributed by atoms with Gasteiger partial charge in [0.2, 0.25) is 5.91 Å². The summed E-state index contributed by atoms with van der Waals surface area (Å²) in [7, 11) is 0. The molecule has 3 fully saturated rings. The van der Waals surface area contributed by atoms with Crippen molar-refractivity contribution in [3.63, 3.8) is 0 Å². The molecule has 1 aromatic carbocycles. The molecule has 0 unspecified atom stereocenters. The Hall–Kier alpha value is -2.39. The van der Waals surface area contributed by atoms with Gasteiger partial charge in [0, 0.05) is 19.5 Å². The second kappa shape index (κ2) is 5.07. The summed E-state index contributed by atoms with van der Waals surface area (Å²) in [6.07, 6.45) is 1.79. The van der Waals surface area contributed by atoms with Crippen molar-refractivity contribution >= 4 is 11.8 Å². The van der Waals surface area contributed by atoms with Crippen LogP contribution in [0.2, 0.25) is 0 Å². The van der Waals surface area contributed by atoms with E-state index >= 15 is 0 Å². The molecule has 6 nitrogen and oxygen atoms in total. The number of likely N-dealkylation sites (tertiary alicyclic amines) is 1. The van der Waals surface area contributed by atoms with Crippen molar-refractivity contribution in [1.82, 2.24) is 9.80 Å². The molecule has 1 spiro atoms. The van der Waals surface area contributed by atoms with Gasteiger partial charge in [0.15, 0.2) is 5.72 Å². The molecule has 0 aromatic heterocycles. The summed E-state index contributed by atoms with van der Waals surface area (Å²) in [4.78, 5) is 28.8. The number of nitrogens with zero attached hydrogens (tertiary/aromatic N) is 3. The first-order valence-electron chi connectivity index (χ1n) is 7.92. The minimum absolute atomic E-state index is 0.0563. The van der Waals surface area contributed by atoms with Gasteiger partial charge in [-0.1, -0.05) is 12.1 Å². The average molecular weight is 311 g/mol. The molecule has 0 bridgehead atoms.